The van der Waals surface area contributed by atoms with Crippen molar-refractivity contribution in [3.05, 3.63) is 35.6 Å². The highest BCUT2D eigenvalue weighted by Crippen LogP contribution is 2.13. The Bertz CT molecular complexity index is 259. The lowest BCUT2D eigenvalue weighted by Crippen LogP contribution is -2.03. The van der Waals surface area contributed by atoms with Crippen LogP contribution < -0.4 is 0 Å². The van der Waals surface area contributed by atoms with E-state index in [1.165, 1.54) is 0 Å². The average molecular weight is 152 g/mol. The van der Waals surface area contributed by atoms with Gasteiger partial charge < -0.3 is 10.2 Å². The number of hydrogen-bond donors (Lipinski definition) is 2. The number of carbonyl (C=O) groups is 1. The van der Waals surface area contributed by atoms with Gasteiger partial charge in [-0.3, -0.25) is 0 Å². The number of hydrogen-bond acceptors (Lipinski definition) is 2. The lowest BCUT2D eigenvalue weighted by molar-refractivity contribution is -0.135. The summed E-state index contributed by atoms with van der Waals surface area (Å²) in [4.78, 5) is 10.2. The molecule has 0 spiro atoms. The van der Waals surface area contributed by atoms with E-state index in [-0.39, 0.29) is 0 Å². The van der Waals surface area contributed by atoms with E-state index in [0.29, 0.717) is 12.0 Å². The number of aliphatic carboxylic acids is 1. The van der Waals surface area contributed by atoms with Gasteiger partial charge >= 0.3 is 5.97 Å². The van der Waals surface area contributed by atoms with Gasteiger partial charge in [0, 0.05) is 5.57 Å². The topological polar surface area (TPSA) is 57.5 Å². The molecule has 2 N–H and O–H groups in total. The number of carboxylic acids is 1. The molecule has 0 unspecified atom stereocenters. The van der Waals surface area contributed by atoms with Crippen molar-refractivity contribution in [2.75, 3.05) is 0 Å². The summed E-state index contributed by atoms with van der Waals surface area (Å²) in [6, 6.07) is 0. The summed E-state index contributed by atoms with van der Waals surface area (Å²) < 4.78 is 0. The third kappa shape index (κ3) is 1.70. The van der Waals surface area contributed by atoms with Crippen molar-refractivity contribution in [3.8, 4) is 0 Å². The summed E-state index contributed by atoms with van der Waals surface area (Å²) in [5, 5.41) is 17.3. The van der Waals surface area contributed by atoms with Crippen LogP contribution in [0.25, 0.3) is 0 Å². The molecule has 0 saturated heterocycles. The molecule has 0 aliphatic heterocycles. The van der Waals surface area contributed by atoms with E-state index in [0.717, 1.165) is 0 Å². The normalized spacial score (nSPS) is 20.0. The Morgan fingerprint density at radius 1 is 1.36 bits per heavy atom. The fourth-order valence-corrected chi connectivity index (χ4v) is 0.826. The van der Waals surface area contributed by atoms with Crippen LogP contribution in [-0.2, 0) is 4.79 Å². The maximum Gasteiger partial charge on any atom is 0.371 e. The first-order valence-corrected chi connectivity index (χ1v) is 3.20. The van der Waals surface area contributed by atoms with E-state index in [9.17, 15) is 4.79 Å². The molecule has 0 bridgehead atoms. The third-order valence-corrected chi connectivity index (χ3v) is 1.39. The summed E-state index contributed by atoms with van der Waals surface area (Å²) in [6.07, 6.45) is 7.35. The van der Waals surface area contributed by atoms with Crippen LogP contribution in [-0.4, -0.2) is 16.2 Å². The third-order valence-electron chi connectivity index (χ3n) is 1.39. The van der Waals surface area contributed by atoms with Crippen molar-refractivity contribution < 1.29 is 15.0 Å². The monoisotopic (exact) mass is 152 g/mol. The van der Waals surface area contributed by atoms with Crippen molar-refractivity contribution in [2.24, 2.45) is 0 Å². The standard InChI is InChI=1S/C8H8O3/c9-7(8(10)11)6-4-2-1-3-5-6/h1-4,9H,5H2,(H,10,11). The van der Waals surface area contributed by atoms with Gasteiger partial charge in [0.1, 0.15) is 0 Å². The minimum Gasteiger partial charge on any atom is -0.502 e. The van der Waals surface area contributed by atoms with Gasteiger partial charge in [-0.1, -0.05) is 24.3 Å². The fourth-order valence-electron chi connectivity index (χ4n) is 0.826. The van der Waals surface area contributed by atoms with E-state index in [1.807, 2.05) is 0 Å². The zero-order chi connectivity index (χ0) is 8.27. The van der Waals surface area contributed by atoms with E-state index in [1.54, 1.807) is 24.3 Å². The molecule has 0 saturated carbocycles. The van der Waals surface area contributed by atoms with Crippen LogP contribution in [0.5, 0.6) is 0 Å². The van der Waals surface area contributed by atoms with Gasteiger partial charge in [0.15, 0.2) is 0 Å². The van der Waals surface area contributed by atoms with Gasteiger partial charge in [-0.05, 0) is 6.42 Å². The van der Waals surface area contributed by atoms with Crippen LogP contribution in [0.4, 0.5) is 0 Å². The van der Waals surface area contributed by atoms with E-state index in [2.05, 4.69) is 0 Å². The molecule has 0 fully saturated rings. The van der Waals surface area contributed by atoms with Gasteiger partial charge in [-0.2, -0.15) is 0 Å². The summed E-state index contributed by atoms with van der Waals surface area (Å²) in [7, 11) is 0. The molecular weight excluding hydrogens is 144 g/mol. The minimum atomic E-state index is -1.28. The van der Waals surface area contributed by atoms with Gasteiger partial charge in [0.2, 0.25) is 5.76 Å². The molecule has 0 radical (unpaired) electrons. The number of aliphatic hydroxyl groups is 1. The first-order valence-electron chi connectivity index (χ1n) is 3.20. The van der Waals surface area contributed by atoms with Gasteiger partial charge in [-0.25, -0.2) is 4.79 Å². The molecule has 0 atom stereocenters. The van der Waals surface area contributed by atoms with Crippen molar-refractivity contribution in [3.63, 3.8) is 0 Å². The second kappa shape index (κ2) is 3.05. The van der Waals surface area contributed by atoms with Gasteiger partial charge in [0.05, 0.1) is 0 Å². The Labute approximate surface area is 64.0 Å². The molecule has 11 heavy (non-hydrogen) atoms. The second-order valence-corrected chi connectivity index (χ2v) is 2.17. The molecule has 0 amide bonds. The molecule has 3 heteroatoms. The summed E-state index contributed by atoms with van der Waals surface area (Å²) in [6.45, 7) is 0. The summed E-state index contributed by atoms with van der Waals surface area (Å²) in [5.41, 5.74) is 0.444. The zero-order valence-electron chi connectivity index (χ0n) is 5.82. The molecule has 0 aromatic heterocycles. The number of rotatable bonds is 1. The summed E-state index contributed by atoms with van der Waals surface area (Å²) >= 11 is 0. The zero-order valence-corrected chi connectivity index (χ0v) is 5.82. The molecule has 58 valence electrons. The molecule has 3 nitrogen and oxygen atoms in total. The lowest BCUT2D eigenvalue weighted by atomic mass is 10.1. The highest BCUT2D eigenvalue weighted by molar-refractivity contribution is 5.85. The largest absolute Gasteiger partial charge is 0.502 e. The maximum absolute atomic E-state index is 10.2. The molecule has 1 rings (SSSR count). The van der Waals surface area contributed by atoms with E-state index in [4.69, 9.17) is 10.2 Å². The molecule has 1 aliphatic rings. The van der Waals surface area contributed by atoms with Crippen LogP contribution in [0, 0.1) is 0 Å². The highest BCUT2D eigenvalue weighted by Gasteiger charge is 2.09. The predicted molar refractivity (Wildman–Crippen MR) is 40.2 cm³/mol. The molecular formula is C8H8O3. The van der Waals surface area contributed by atoms with Crippen LogP contribution in [0.3, 0.4) is 0 Å². The number of aliphatic hydroxyl groups excluding tert-OH is 1. The van der Waals surface area contributed by atoms with Crippen molar-refractivity contribution in [1.82, 2.24) is 0 Å². The smallest absolute Gasteiger partial charge is 0.371 e. The quantitative estimate of drug-likeness (QED) is 0.441. The summed E-state index contributed by atoms with van der Waals surface area (Å²) in [5.74, 6) is -1.84. The van der Waals surface area contributed by atoms with Crippen LogP contribution in [0.2, 0.25) is 0 Å². The predicted octanol–water partition coefficient (Wildman–Crippen LogP) is 1.40. The fraction of sp³-hybridized carbons (Fsp3) is 0.125. The number of allylic oxidation sites excluding steroid dienone is 5. The second-order valence-electron chi connectivity index (χ2n) is 2.17. The van der Waals surface area contributed by atoms with Crippen LogP contribution in [0.1, 0.15) is 6.42 Å². The van der Waals surface area contributed by atoms with E-state index >= 15 is 0 Å². The molecule has 0 aromatic carbocycles. The Balaban J connectivity index is 2.88. The minimum absolute atomic E-state index is 0.444. The van der Waals surface area contributed by atoms with Crippen molar-refractivity contribution >= 4 is 5.97 Å². The molecule has 0 aromatic rings. The lowest BCUT2D eigenvalue weighted by Gasteiger charge is -2.02. The van der Waals surface area contributed by atoms with Crippen LogP contribution in [0.15, 0.2) is 35.6 Å². The van der Waals surface area contributed by atoms with Crippen molar-refractivity contribution in [2.45, 2.75) is 6.42 Å². The Morgan fingerprint density at radius 3 is 2.55 bits per heavy atom. The number of carboxylic acid groups (broad SMARTS) is 1. The highest BCUT2D eigenvalue weighted by atomic mass is 16.4. The van der Waals surface area contributed by atoms with Gasteiger partial charge in [0.25, 0.3) is 0 Å². The van der Waals surface area contributed by atoms with Crippen LogP contribution >= 0.6 is 0 Å². The Kier molecular flexibility index (Phi) is 2.11. The Hall–Kier alpha value is -1.51. The first kappa shape index (κ1) is 7.60. The van der Waals surface area contributed by atoms with E-state index < -0.39 is 11.7 Å². The molecule has 0 heterocycles. The molecule has 1 aliphatic carbocycles. The van der Waals surface area contributed by atoms with Gasteiger partial charge in [-0.15, -0.1) is 0 Å². The SMILES string of the molecule is O=C(O)C(O)=C1C=CC=CC1. The first-order chi connectivity index (χ1) is 5.22. The average Bonchev–Trinajstić information content (AvgIpc) is 2.05. The maximum atomic E-state index is 10.2. The Morgan fingerprint density at radius 2 is 2.09 bits per heavy atom. The van der Waals surface area contributed by atoms with Crippen molar-refractivity contribution in [1.29, 1.82) is 0 Å².